The summed E-state index contributed by atoms with van der Waals surface area (Å²) in [5, 5.41) is 11.0. The lowest BCUT2D eigenvalue weighted by molar-refractivity contribution is 0.194. The number of aromatic nitrogens is 2. The van der Waals surface area contributed by atoms with Crippen LogP contribution in [0.1, 0.15) is 31.0 Å². The Bertz CT molecular complexity index is 429. The van der Waals surface area contributed by atoms with Crippen molar-refractivity contribution in [3.05, 3.63) is 13.2 Å². The van der Waals surface area contributed by atoms with Crippen molar-refractivity contribution in [1.29, 1.82) is 0 Å². The molecule has 17 heavy (non-hydrogen) atoms. The van der Waals surface area contributed by atoms with E-state index in [9.17, 15) is 4.79 Å². The molecule has 1 aliphatic rings. The molecule has 1 aromatic heterocycles. The van der Waals surface area contributed by atoms with E-state index in [2.05, 4.69) is 60.0 Å². The fourth-order valence-electron chi connectivity index (χ4n) is 1.88. The second-order valence-electron chi connectivity index (χ2n) is 4.06. The molecule has 1 fully saturated rings. The van der Waals surface area contributed by atoms with Gasteiger partial charge < -0.3 is 15.0 Å². The number of nitrogens with zero attached hydrogens (tertiary/aromatic N) is 2. The van der Waals surface area contributed by atoms with Gasteiger partial charge in [-0.1, -0.05) is 6.42 Å². The molecule has 1 amide bonds. The zero-order valence-corrected chi connectivity index (χ0v) is 13.4. The number of rotatable bonds is 4. The molecule has 2 N–H and O–H groups in total. The summed E-state index contributed by atoms with van der Waals surface area (Å²) in [6.07, 6.45) is 2.71. The topological polar surface area (TPSA) is 67.2 Å². The summed E-state index contributed by atoms with van der Waals surface area (Å²) < 4.78 is 4.26. The highest BCUT2D eigenvalue weighted by Crippen LogP contribution is 2.37. The number of amides is 1. The summed E-state index contributed by atoms with van der Waals surface area (Å²) >= 11 is 4.51. The third-order valence-corrected chi connectivity index (χ3v) is 5.86. The summed E-state index contributed by atoms with van der Waals surface area (Å²) in [6, 6.07) is 0. The maximum Gasteiger partial charge on any atom is 0.404 e. The van der Waals surface area contributed by atoms with Crippen LogP contribution in [0.15, 0.2) is 0 Å². The molecule has 5 nitrogen and oxygen atoms in total. The Kier molecular flexibility index (Phi) is 4.50. The van der Waals surface area contributed by atoms with Crippen LogP contribution in [0.25, 0.3) is 0 Å². The first-order chi connectivity index (χ1) is 8.09. The Hall–Kier alpha value is -0.0600. The normalized spacial score (nSPS) is 15.6. The van der Waals surface area contributed by atoms with Gasteiger partial charge in [0.1, 0.15) is 13.2 Å². The molecule has 0 saturated heterocycles. The van der Waals surface area contributed by atoms with E-state index < -0.39 is 6.09 Å². The van der Waals surface area contributed by atoms with Crippen molar-refractivity contribution in [2.75, 3.05) is 6.54 Å². The highest BCUT2D eigenvalue weighted by Gasteiger charge is 2.26. The third kappa shape index (κ3) is 3.04. The van der Waals surface area contributed by atoms with Gasteiger partial charge in [0.05, 0.1) is 0 Å². The lowest BCUT2D eigenvalue weighted by Crippen LogP contribution is -2.27. The van der Waals surface area contributed by atoms with Crippen molar-refractivity contribution < 1.29 is 9.90 Å². The van der Waals surface area contributed by atoms with E-state index in [1.807, 2.05) is 0 Å². The molecular formula is C10H13I2N3O2. The average molecular weight is 461 g/mol. The fourth-order valence-corrected chi connectivity index (χ4v) is 3.03. The molecule has 0 aliphatic heterocycles. The predicted octanol–water partition coefficient (Wildman–Crippen LogP) is 2.63. The second-order valence-corrected chi connectivity index (χ2v) is 6.11. The van der Waals surface area contributed by atoms with Crippen LogP contribution >= 0.6 is 45.2 Å². The standard InChI is InChI=1S/C10H13I2N3O2/c11-7-8(12)15(5-4-13-10(16)17)9(14-7)6-2-1-3-6/h6,13H,1-5H2,(H,16,17). The maximum absolute atomic E-state index is 10.4. The minimum absolute atomic E-state index is 0.428. The van der Waals surface area contributed by atoms with Crippen LogP contribution in [0.2, 0.25) is 0 Å². The van der Waals surface area contributed by atoms with Crippen LogP contribution in [0.3, 0.4) is 0 Å². The molecule has 0 unspecified atom stereocenters. The van der Waals surface area contributed by atoms with Gasteiger partial charge in [0.25, 0.3) is 0 Å². The Morgan fingerprint density at radius 2 is 2.24 bits per heavy atom. The first kappa shape index (κ1) is 13.4. The van der Waals surface area contributed by atoms with E-state index >= 15 is 0 Å². The van der Waals surface area contributed by atoms with Crippen LogP contribution < -0.4 is 5.32 Å². The molecule has 94 valence electrons. The predicted molar refractivity (Wildman–Crippen MR) is 80.3 cm³/mol. The largest absolute Gasteiger partial charge is 0.465 e. The van der Waals surface area contributed by atoms with Gasteiger partial charge >= 0.3 is 6.09 Å². The highest BCUT2D eigenvalue weighted by molar-refractivity contribution is 14.1. The molecule has 1 aromatic rings. The Morgan fingerprint density at radius 3 is 2.76 bits per heavy atom. The summed E-state index contributed by atoms with van der Waals surface area (Å²) in [7, 11) is 0. The lowest BCUT2D eigenvalue weighted by Gasteiger charge is -2.25. The van der Waals surface area contributed by atoms with E-state index in [4.69, 9.17) is 5.11 Å². The van der Waals surface area contributed by atoms with E-state index in [0.717, 1.165) is 13.2 Å². The molecule has 1 heterocycles. The average Bonchev–Trinajstić information content (AvgIpc) is 2.43. The van der Waals surface area contributed by atoms with Crippen LogP contribution in [0.4, 0.5) is 4.79 Å². The minimum Gasteiger partial charge on any atom is -0.465 e. The first-order valence-corrected chi connectivity index (χ1v) is 7.63. The van der Waals surface area contributed by atoms with Crippen LogP contribution in [0, 0.1) is 7.40 Å². The minimum atomic E-state index is -0.972. The molecule has 1 saturated carbocycles. The van der Waals surface area contributed by atoms with Crippen LogP contribution in [-0.4, -0.2) is 27.3 Å². The number of hydrogen-bond donors (Lipinski definition) is 2. The molecule has 0 atom stereocenters. The fraction of sp³-hybridized carbons (Fsp3) is 0.600. The van der Waals surface area contributed by atoms with Crippen LogP contribution in [-0.2, 0) is 6.54 Å². The zero-order chi connectivity index (χ0) is 12.4. The quantitative estimate of drug-likeness (QED) is 0.679. The monoisotopic (exact) mass is 461 g/mol. The van der Waals surface area contributed by atoms with Gasteiger partial charge in [-0.2, -0.15) is 0 Å². The van der Waals surface area contributed by atoms with E-state index in [-0.39, 0.29) is 0 Å². The summed E-state index contributed by atoms with van der Waals surface area (Å²) in [6.45, 7) is 1.09. The van der Waals surface area contributed by atoms with Gasteiger partial charge in [0, 0.05) is 19.0 Å². The SMILES string of the molecule is O=C(O)NCCn1c(C2CCC2)nc(I)c1I. The summed E-state index contributed by atoms with van der Waals surface area (Å²) in [4.78, 5) is 15.0. The molecule has 0 spiro atoms. The van der Waals surface area contributed by atoms with Gasteiger partial charge in [-0.05, 0) is 58.0 Å². The Morgan fingerprint density at radius 1 is 1.53 bits per heavy atom. The second kappa shape index (κ2) is 5.72. The molecule has 0 aromatic carbocycles. The van der Waals surface area contributed by atoms with Crippen molar-refractivity contribution in [2.24, 2.45) is 0 Å². The van der Waals surface area contributed by atoms with Gasteiger partial charge in [0.2, 0.25) is 0 Å². The van der Waals surface area contributed by atoms with Gasteiger partial charge in [-0.25, -0.2) is 9.78 Å². The smallest absolute Gasteiger partial charge is 0.404 e. The van der Waals surface area contributed by atoms with E-state index in [1.165, 1.54) is 19.3 Å². The van der Waals surface area contributed by atoms with E-state index in [0.29, 0.717) is 19.0 Å². The van der Waals surface area contributed by atoms with Crippen molar-refractivity contribution >= 4 is 51.3 Å². The Balaban J connectivity index is 2.10. The molecule has 7 heteroatoms. The third-order valence-electron chi connectivity index (χ3n) is 2.98. The number of imidazole rings is 1. The molecular weight excluding hydrogens is 448 g/mol. The molecule has 1 aliphatic carbocycles. The number of hydrogen-bond acceptors (Lipinski definition) is 2. The summed E-state index contributed by atoms with van der Waals surface area (Å²) in [5.41, 5.74) is 0. The maximum atomic E-state index is 10.4. The Labute approximate surface area is 127 Å². The van der Waals surface area contributed by atoms with Crippen molar-refractivity contribution in [3.8, 4) is 0 Å². The number of halogens is 2. The van der Waals surface area contributed by atoms with E-state index in [1.54, 1.807) is 0 Å². The summed E-state index contributed by atoms with van der Waals surface area (Å²) in [5.74, 6) is 1.69. The van der Waals surface area contributed by atoms with Crippen molar-refractivity contribution in [3.63, 3.8) is 0 Å². The number of nitrogens with one attached hydrogen (secondary N) is 1. The molecule has 0 bridgehead atoms. The van der Waals surface area contributed by atoms with Crippen molar-refractivity contribution in [1.82, 2.24) is 14.9 Å². The lowest BCUT2D eigenvalue weighted by atomic mass is 9.85. The van der Waals surface area contributed by atoms with Gasteiger partial charge in [-0.15, -0.1) is 0 Å². The van der Waals surface area contributed by atoms with Gasteiger partial charge in [0.15, 0.2) is 0 Å². The number of carboxylic acid groups (broad SMARTS) is 1. The van der Waals surface area contributed by atoms with Gasteiger partial charge in [-0.3, -0.25) is 0 Å². The first-order valence-electron chi connectivity index (χ1n) is 5.48. The number of carbonyl (C=O) groups is 1. The molecule has 0 radical (unpaired) electrons. The van der Waals surface area contributed by atoms with Crippen molar-refractivity contribution in [2.45, 2.75) is 31.7 Å². The highest BCUT2D eigenvalue weighted by atomic mass is 127. The van der Waals surface area contributed by atoms with Crippen LogP contribution in [0.5, 0.6) is 0 Å². The molecule has 2 rings (SSSR count). The zero-order valence-electron chi connectivity index (χ0n) is 9.12.